The third kappa shape index (κ3) is 2.84. The van der Waals surface area contributed by atoms with Crippen molar-refractivity contribution in [3.05, 3.63) is 34.6 Å². The summed E-state index contributed by atoms with van der Waals surface area (Å²) in [7, 11) is -2.99. The minimum absolute atomic E-state index is 0.113. The van der Waals surface area contributed by atoms with Crippen LogP contribution < -0.4 is 5.32 Å². The SMILES string of the molecule is O=S1(=O)C=CC(NCc2ccc(Cl)o2)C1. The molecule has 0 saturated carbocycles. The molecular formula is C9H10ClNO3S. The molecule has 0 aromatic carbocycles. The van der Waals surface area contributed by atoms with Crippen LogP contribution in [0.2, 0.25) is 5.22 Å². The number of hydrogen-bond acceptors (Lipinski definition) is 4. The molecule has 0 spiro atoms. The van der Waals surface area contributed by atoms with E-state index in [4.69, 9.17) is 16.0 Å². The van der Waals surface area contributed by atoms with E-state index in [1.807, 2.05) is 0 Å². The van der Waals surface area contributed by atoms with Crippen molar-refractivity contribution < 1.29 is 12.8 Å². The molecular weight excluding hydrogens is 238 g/mol. The Morgan fingerprint density at radius 3 is 2.87 bits per heavy atom. The summed E-state index contributed by atoms with van der Waals surface area (Å²) in [5.41, 5.74) is 0. The summed E-state index contributed by atoms with van der Waals surface area (Å²) in [6, 6.07) is 3.27. The van der Waals surface area contributed by atoms with Gasteiger partial charge in [0.2, 0.25) is 0 Å². The van der Waals surface area contributed by atoms with Gasteiger partial charge in [0.1, 0.15) is 5.76 Å². The molecule has 6 heteroatoms. The van der Waals surface area contributed by atoms with Crippen LogP contribution >= 0.6 is 11.6 Å². The Labute approximate surface area is 92.8 Å². The Balaban J connectivity index is 1.88. The molecule has 1 atom stereocenters. The molecule has 1 aliphatic heterocycles. The molecule has 2 heterocycles. The van der Waals surface area contributed by atoms with Gasteiger partial charge in [0.05, 0.1) is 12.3 Å². The van der Waals surface area contributed by atoms with E-state index in [-0.39, 0.29) is 11.8 Å². The molecule has 1 aromatic rings. The van der Waals surface area contributed by atoms with E-state index >= 15 is 0 Å². The fraction of sp³-hybridized carbons (Fsp3) is 0.333. The summed E-state index contributed by atoms with van der Waals surface area (Å²) in [6.07, 6.45) is 1.64. The number of sulfone groups is 1. The first-order valence-electron chi connectivity index (χ1n) is 4.44. The van der Waals surface area contributed by atoms with E-state index in [0.29, 0.717) is 17.5 Å². The second-order valence-corrected chi connectivity index (χ2v) is 5.66. The number of halogens is 1. The van der Waals surface area contributed by atoms with Gasteiger partial charge >= 0.3 is 0 Å². The van der Waals surface area contributed by atoms with E-state index in [9.17, 15) is 8.42 Å². The van der Waals surface area contributed by atoms with Gasteiger partial charge in [-0.25, -0.2) is 8.42 Å². The molecule has 0 fully saturated rings. The number of hydrogen-bond donors (Lipinski definition) is 1. The number of rotatable bonds is 3. The van der Waals surface area contributed by atoms with Gasteiger partial charge in [0.25, 0.3) is 0 Å². The average molecular weight is 248 g/mol. The highest BCUT2D eigenvalue weighted by atomic mass is 35.5. The topological polar surface area (TPSA) is 59.3 Å². The van der Waals surface area contributed by atoms with Crippen LogP contribution in [-0.2, 0) is 16.4 Å². The van der Waals surface area contributed by atoms with E-state index in [1.165, 1.54) is 5.41 Å². The summed E-state index contributed by atoms with van der Waals surface area (Å²) in [4.78, 5) is 0. The maximum absolute atomic E-state index is 11.1. The molecule has 0 bridgehead atoms. The molecule has 0 aliphatic carbocycles. The second-order valence-electron chi connectivity index (χ2n) is 3.35. The maximum atomic E-state index is 11.1. The average Bonchev–Trinajstić information content (AvgIpc) is 2.69. The van der Waals surface area contributed by atoms with Gasteiger partial charge in [-0.05, 0) is 23.7 Å². The molecule has 1 N–H and O–H groups in total. The molecule has 1 aliphatic rings. The fourth-order valence-electron chi connectivity index (χ4n) is 1.38. The van der Waals surface area contributed by atoms with Gasteiger partial charge in [0.15, 0.2) is 15.1 Å². The fourth-order valence-corrected chi connectivity index (χ4v) is 2.81. The third-order valence-corrected chi connectivity index (χ3v) is 3.70. The van der Waals surface area contributed by atoms with Crippen molar-refractivity contribution >= 4 is 21.4 Å². The van der Waals surface area contributed by atoms with E-state index in [1.54, 1.807) is 18.2 Å². The molecule has 1 aromatic heterocycles. The first-order chi connectivity index (χ1) is 7.05. The van der Waals surface area contributed by atoms with Crippen molar-refractivity contribution in [2.45, 2.75) is 12.6 Å². The number of furan rings is 1. The van der Waals surface area contributed by atoms with Crippen LogP contribution in [0, 0.1) is 0 Å². The molecule has 0 amide bonds. The monoisotopic (exact) mass is 247 g/mol. The summed E-state index contributed by atoms with van der Waals surface area (Å²) >= 11 is 5.60. The highest BCUT2D eigenvalue weighted by Crippen LogP contribution is 2.14. The van der Waals surface area contributed by atoms with Crippen LogP contribution in [0.4, 0.5) is 0 Å². The Morgan fingerprint density at radius 1 is 1.53 bits per heavy atom. The summed E-state index contributed by atoms with van der Waals surface area (Å²) in [5, 5.41) is 4.62. The van der Waals surface area contributed by atoms with Gasteiger partial charge in [-0.3, -0.25) is 0 Å². The lowest BCUT2D eigenvalue weighted by Crippen LogP contribution is -2.29. The predicted molar refractivity (Wildman–Crippen MR) is 57.3 cm³/mol. The van der Waals surface area contributed by atoms with E-state index < -0.39 is 9.84 Å². The zero-order valence-corrected chi connectivity index (χ0v) is 9.38. The quantitative estimate of drug-likeness (QED) is 0.876. The molecule has 0 saturated heterocycles. The van der Waals surface area contributed by atoms with Crippen LogP contribution in [-0.4, -0.2) is 20.2 Å². The minimum atomic E-state index is -2.99. The van der Waals surface area contributed by atoms with Crippen LogP contribution in [0.15, 0.2) is 28.0 Å². The van der Waals surface area contributed by atoms with Crippen LogP contribution in [0.25, 0.3) is 0 Å². The molecule has 82 valence electrons. The largest absolute Gasteiger partial charge is 0.448 e. The van der Waals surface area contributed by atoms with Gasteiger partial charge in [-0.2, -0.15) is 0 Å². The smallest absolute Gasteiger partial charge is 0.193 e. The summed E-state index contributed by atoms with van der Waals surface area (Å²) in [6.45, 7) is 0.469. The molecule has 15 heavy (non-hydrogen) atoms. The van der Waals surface area contributed by atoms with E-state index in [0.717, 1.165) is 0 Å². The zero-order chi connectivity index (χ0) is 10.9. The Bertz CT molecular complexity index is 477. The van der Waals surface area contributed by atoms with Crippen molar-refractivity contribution in [1.82, 2.24) is 5.32 Å². The standard InChI is InChI=1S/C9H10ClNO3S/c10-9-2-1-8(14-9)5-11-7-3-4-15(12,13)6-7/h1-4,7,11H,5-6H2. The normalized spacial score (nSPS) is 23.4. The third-order valence-electron chi connectivity index (χ3n) is 2.10. The van der Waals surface area contributed by atoms with Crippen LogP contribution in [0.3, 0.4) is 0 Å². The van der Waals surface area contributed by atoms with Gasteiger partial charge < -0.3 is 9.73 Å². The molecule has 2 rings (SSSR count). The lowest BCUT2D eigenvalue weighted by atomic mass is 10.3. The Kier molecular flexibility index (Phi) is 2.86. The highest BCUT2D eigenvalue weighted by molar-refractivity contribution is 7.94. The van der Waals surface area contributed by atoms with Gasteiger partial charge in [-0.1, -0.05) is 6.08 Å². The first kappa shape index (κ1) is 10.7. The van der Waals surface area contributed by atoms with Crippen molar-refractivity contribution in [3.8, 4) is 0 Å². The first-order valence-corrected chi connectivity index (χ1v) is 6.53. The lowest BCUT2D eigenvalue weighted by Gasteiger charge is -2.07. The van der Waals surface area contributed by atoms with Crippen LogP contribution in [0.5, 0.6) is 0 Å². The number of nitrogens with one attached hydrogen (secondary N) is 1. The van der Waals surface area contributed by atoms with E-state index in [2.05, 4.69) is 5.32 Å². The van der Waals surface area contributed by atoms with Crippen molar-refractivity contribution in [3.63, 3.8) is 0 Å². The summed E-state index contributed by atoms with van der Waals surface area (Å²) in [5.74, 6) is 0.805. The van der Waals surface area contributed by atoms with Crippen molar-refractivity contribution in [1.29, 1.82) is 0 Å². The van der Waals surface area contributed by atoms with Gasteiger partial charge in [-0.15, -0.1) is 0 Å². The van der Waals surface area contributed by atoms with Crippen LogP contribution in [0.1, 0.15) is 5.76 Å². The second kappa shape index (κ2) is 4.00. The molecule has 0 radical (unpaired) electrons. The Morgan fingerprint density at radius 2 is 2.33 bits per heavy atom. The van der Waals surface area contributed by atoms with Crippen molar-refractivity contribution in [2.75, 3.05) is 5.75 Å². The molecule has 4 nitrogen and oxygen atoms in total. The minimum Gasteiger partial charge on any atom is -0.448 e. The predicted octanol–water partition coefficient (Wildman–Crippen LogP) is 1.33. The Hall–Kier alpha value is -0.780. The highest BCUT2D eigenvalue weighted by Gasteiger charge is 2.21. The van der Waals surface area contributed by atoms with Crippen molar-refractivity contribution in [2.24, 2.45) is 0 Å². The summed E-state index contributed by atoms with van der Waals surface area (Å²) < 4.78 is 27.3. The lowest BCUT2D eigenvalue weighted by molar-refractivity contribution is 0.476. The maximum Gasteiger partial charge on any atom is 0.193 e. The zero-order valence-electron chi connectivity index (χ0n) is 7.81. The van der Waals surface area contributed by atoms with Gasteiger partial charge in [0, 0.05) is 11.4 Å². The molecule has 1 unspecified atom stereocenters.